The molecule has 0 spiro atoms. The molecule has 1 aromatic heterocycles. The van der Waals surface area contributed by atoms with Gasteiger partial charge in [0.1, 0.15) is 17.5 Å². The molecule has 3 heterocycles. The molecule has 2 saturated heterocycles. The molecule has 0 N–H and O–H groups in total. The number of hydrogen-bond donors (Lipinski definition) is 0. The minimum Gasteiger partial charge on any atom is -0.495 e. The second-order valence-corrected chi connectivity index (χ2v) is 7.50. The number of rotatable bonds is 3. The van der Waals surface area contributed by atoms with Gasteiger partial charge in [-0.15, -0.1) is 0 Å². The van der Waals surface area contributed by atoms with Crippen LogP contribution in [0.3, 0.4) is 0 Å². The number of piperazine rings is 1. The Morgan fingerprint density at radius 1 is 1.10 bits per heavy atom. The van der Waals surface area contributed by atoms with Gasteiger partial charge in [0, 0.05) is 44.5 Å². The molecule has 1 aromatic carbocycles. The van der Waals surface area contributed by atoms with Gasteiger partial charge in [-0.25, -0.2) is 4.98 Å². The highest BCUT2D eigenvalue weighted by Gasteiger charge is 2.31. The molecule has 0 radical (unpaired) electrons. The van der Waals surface area contributed by atoms with Gasteiger partial charge >= 0.3 is 0 Å². The molecule has 7 heteroatoms. The zero-order valence-corrected chi connectivity index (χ0v) is 17.5. The van der Waals surface area contributed by atoms with Gasteiger partial charge in [-0.2, -0.15) is 0 Å². The molecule has 0 bridgehead atoms. The smallest absolute Gasteiger partial charge is 0.254 e. The van der Waals surface area contributed by atoms with Crippen LogP contribution in [0.5, 0.6) is 5.75 Å². The maximum Gasteiger partial charge on any atom is 0.254 e. The first kappa shape index (κ1) is 20.9. The third-order valence-corrected chi connectivity index (χ3v) is 5.52. The predicted octanol–water partition coefficient (Wildman–Crippen LogP) is 1.95. The van der Waals surface area contributed by atoms with Crippen molar-refractivity contribution in [2.45, 2.75) is 18.9 Å². The molecule has 2 fully saturated rings. The highest BCUT2D eigenvalue weighted by Crippen LogP contribution is 2.21. The Bertz CT molecular complexity index is 998. The summed E-state index contributed by atoms with van der Waals surface area (Å²) in [5, 5.41) is 0. The SMILES string of the molecule is COc1ccc(C(=O)N2CCN(C(=O)C3CCCO3)CC2)cc1C#Cc1ccccn1. The molecular weight excluding hydrogens is 394 g/mol. The van der Waals surface area contributed by atoms with Crippen LogP contribution in [0.25, 0.3) is 0 Å². The van der Waals surface area contributed by atoms with Crippen molar-refractivity contribution in [3.8, 4) is 17.6 Å². The van der Waals surface area contributed by atoms with Gasteiger partial charge in [-0.1, -0.05) is 12.0 Å². The van der Waals surface area contributed by atoms with E-state index < -0.39 is 0 Å². The van der Waals surface area contributed by atoms with Gasteiger partial charge in [0.05, 0.1) is 12.7 Å². The van der Waals surface area contributed by atoms with Crippen molar-refractivity contribution in [1.82, 2.24) is 14.8 Å². The predicted molar refractivity (Wildman–Crippen MR) is 115 cm³/mol. The Morgan fingerprint density at radius 3 is 2.58 bits per heavy atom. The highest BCUT2D eigenvalue weighted by molar-refractivity contribution is 5.95. The van der Waals surface area contributed by atoms with Crippen molar-refractivity contribution < 1.29 is 19.1 Å². The summed E-state index contributed by atoms with van der Waals surface area (Å²) in [5.41, 5.74) is 1.82. The van der Waals surface area contributed by atoms with E-state index in [2.05, 4.69) is 16.8 Å². The third-order valence-electron chi connectivity index (χ3n) is 5.52. The number of carbonyl (C=O) groups excluding carboxylic acids is 2. The molecule has 1 atom stereocenters. The van der Waals surface area contributed by atoms with Crippen molar-refractivity contribution in [3.63, 3.8) is 0 Å². The lowest BCUT2D eigenvalue weighted by molar-refractivity contribution is -0.142. The van der Waals surface area contributed by atoms with Crippen LogP contribution in [0.15, 0.2) is 42.6 Å². The largest absolute Gasteiger partial charge is 0.495 e. The van der Waals surface area contributed by atoms with Gasteiger partial charge in [0.15, 0.2) is 0 Å². The second kappa shape index (κ2) is 9.63. The molecule has 0 saturated carbocycles. The van der Waals surface area contributed by atoms with E-state index in [1.165, 1.54) is 0 Å². The maximum atomic E-state index is 13.1. The van der Waals surface area contributed by atoms with E-state index >= 15 is 0 Å². The molecule has 2 amide bonds. The Labute approximate surface area is 182 Å². The normalized spacial score (nSPS) is 18.3. The molecule has 160 valence electrons. The standard InChI is InChI=1S/C24H25N3O4/c1-30-21-10-8-19(17-18(21)7-9-20-5-2-3-11-25-20)23(28)26-12-14-27(15-13-26)24(29)22-6-4-16-31-22/h2-3,5,8,10-11,17,22H,4,6,12-16H2,1H3. The van der Waals surface area contributed by atoms with E-state index in [9.17, 15) is 9.59 Å². The lowest BCUT2D eigenvalue weighted by Gasteiger charge is -2.35. The first-order valence-corrected chi connectivity index (χ1v) is 10.5. The molecule has 4 rings (SSSR count). The second-order valence-electron chi connectivity index (χ2n) is 7.50. The van der Waals surface area contributed by atoms with Crippen molar-refractivity contribution in [2.75, 3.05) is 39.9 Å². The van der Waals surface area contributed by atoms with Crippen molar-refractivity contribution in [2.24, 2.45) is 0 Å². The summed E-state index contributed by atoms with van der Waals surface area (Å²) in [6.45, 7) is 2.69. The minimum atomic E-state index is -0.316. The van der Waals surface area contributed by atoms with Crippen LogP contribution in [0.2, 0.25) is 0 Å². The van der Waals surface area contributed by atoms with Gasteiger partial charge in [-0.3, -0.25) is 9.59 Å². The highest BCUT2D eigenvalue weighted by atomic mass is 16.5. The van der Waals surface area contributed by atoms with E-state index in [1.54, 1.807) is 41.3 Å². The number of methoxy groups -OCH3 is 1. The van der Waals surface area contributed by atoms with Gasteiger partial charge in [0.2, 0.25) is 0 Å². The number of amides is 2. The average Bonchev–Trinajstić information content (AvgIpc) is 3.37. The number of benzene rings is 1. The number of nitrogens with zero attached hydrogens (tertiary/aromatic N) is 3. The zero-order chi connectivity index (χ0) is 21.6. The molecule has 1 unspecified atom stereocenters. The molecule has 2 aliphatic heterocycles. The summed E-state index contributed by atoms with van der Waals surface area (Å²) in [6, 6.07) is 10.8. The van der Waals surface area contributed by atoms with Crippen LogP contribution >= 0.6 is 0 Å². The summed E-state index contributed by atoms with van der Waals surface area (Å²) in [5.74, 6) is 6.63. The van der Waals surface area contributed by atoms with E-state index in [-0.39, 0.29) is 17.9 Å². The Morgan fingerprint density at radius 2 is 1.90 bits per heavy atom. The monoisotopic (exact) mass is 419 g/mol. The Kier molecular flexibility index (Phi) is 6.48. The molecule has 7 nitrogen and oxygen atoms in total. The van der Waals surface area contributed by atoms with Crippen molar-refractivity contribution in [3.05, 3.63) is 59.4 Å². The number of pyridine rings is 1. The van der Waals surface area contributed by atoms with Crippen molar-refractivity contribution in [1.29, 1.82) is 0 Å². The van der Waals surface area contributed by atoms with Crippen LogP contribution in [0.1, 0.15) is 34.5 Å². The summed E-state index contributed by atoms with van der Waals surface area (Å²) in [6.07, 6.45) is 3.08. The molecular formula is C24H25N3O4. The molecule has 2 aliphatic rings. The minimum absolute atomic E-state index is 0.0427. The lowest BCUT2D eigenvalue weighted by Crippen LogP contribution is -2.52. The fourth-order valence-corrected chi connectivity index (χ4v) is 3.80. The third kappa shape index (κ3) is 4.86. The zero-order valence-electron chi connectivity index (χ0n) is 17.5. The van der Waals surface area contributed by atoms with E-state index in [1.807, 2.05) is 18.2 Å². The fraction of sp³-hybridized carbons (Fsp3) is 0.375. The summed E-state index contributed by atoms with van der Waals surface area (Å²) < 4.78 is 10.9. The van der Waals surface area contributed by atoms with Crippen LogP contribution in [-0.4, -0.2) is 72.6 Å². The maximum absolute atomic E-state index is 13.1. The summed E-state index contributed by atoms with van der Waals surface area (Å²) in [7, 11) is 1.58. The van der Waals surface area contributed by atoms with Crippen LogP contribution in [-0.2, 0) is 9.53 Å². The average molecular weight is 419 g/mol. The number of ether oxygens (including phenoxy) is 2. The van der Waals surface area contributed by atoms with Crippen molar-refractivity contribution >= 4 is 11.8 Å². The molecule has 0 aliphatic carbocycles. The number of aromatic nitrogens is 1. The van der Waals surface area contributed by atoms with Crippen LogP contribution in [0.4, 0.5) is 0 Å². The van der Waals surface area contributed by atoms with Crippen LogP contribution < -0.4 is 4.74 Å². The van der Waals surface area contributed by atoms with E-state index in [4.69, 9.17) is 9.47 Å². The summed E-state index contributed by atoms with van der Waals surface area (Å²) in [4.78, 5) is 33.3. The topological polar surface area (TPSA) is 72.0 Å². The quantitative estimate of drug-likeness (QED) is 0.712. The number of carbonyl (C=O) groups is 2. The molecule has 2 aromatic rings. The fourth-order valence-electron chi connectivity index (χ4n) is 3.80. The van der Waals surface area contributed by atoms with Crippen LogP contribution in [0, 0.1) is 11.8 Å². The Balaban J connectivity index is 1.44. The molecule has 31 heavy (non-hydrogen) atoms. The van der Waals surface area contributed by atoms with Gasteiger partial charge in [0.25, 0.3) is 11.8 Å². The van der Waals surface area contributed by atoms with Gasteiger partial charge in [-0.05, 0) is 49.1 Å². The van der Waals surface area contributed by atoms with Gasteiger partial charge < -0.3 is 19.3 Å². The Hall–Kier alpha value is -3.37. The van der Waals surface area contributed by atoms with E-state index in [0.29, 0.717) is 55.4 Å². The van der Waals surface area contributed by atoms with E-state index in [0.717, 1.165) is 12.8 Å². The summed E-state index contributed by atoms with van der Waals surface area (Å²) >= 11 is 0. The first-order chi connectivity index (χ1) is 15.2. The lowest BCUT2D eigenvalue weighted by atomic mass is 10.1. The number of hydrogen-bond acceptors (Lipinski definition) is 5. The first-order valence-electron chi connectivity index (χ1n) is 10.5.